The van der Waals surface area contributed by atoms with Gasteiger partial charge in [-0.15, -0.1) is 0 Å². The summed E-state index contributed by atoms with van der Waals surface area (Å²) in [4.78, 5) is 14.8. The lowest BCUT2D eigenvalue weighted by Gasteiger charge is -2.12. The Hall–Kier alpha value is -7.37. The molecule has 0 atom stereocenters. The number of fused-ring (bicyclic) bond motifs is 7. The number of hydrogen-bond acceptors (Lipinski definition) is 3. The zero-order valence-corrected chi connectivity index (χ0v) is 30.3. The lowest BCUT2D eigenvalue weighted by atomic mass is 10.0. The van der Waals surface area contributed by atoms with Gasteiger partial charge in [0.15, 0.2) is 17.5 Å². The van der Waals surface area contributed by atoms with Crippen molar-refractivity contribution < 1.29 is 0 Å². The predicted molar refractivity (Wildman–Crippen MR) is 229 cm³/mol. The molecule has 260 valence electrons. The predicted octanol–water partition coefficient (Wildman–Crippen LogP) is 10.8. The van der Waals surface area contributed by atoms with E-state index in [-0.39, 0.29) is 0 Å². The summed E-state index contributed by atoms with van der Waals surface area (Å²) in [6.45, 7) is 6.66. The van der Waals surface area contributed by atoms with E-state index in [0.29, 0.717) is 17.5 Å². The standard InChI is InChI=1S/C50H35N5/c1-3-4-22-39-33(2)54(37-20-12-7-13-21-37)45-32-31-43-41(46(39)45)29-30-42-40-23-14-15-24-44(40)55(47(42)43)38-27-25-36(26-28-38)50-52-48(34-16-8-5-9-17-34)51-49(53-50)35-18-10-6-11-19-35/h3-32H,2H2,1H3/b4-3-,39-22+. The first kappa shape index (κ1) is 32.3. The maximum absolute atomic E-state index is 4.98. The van der Waals surface area contributed by atoms with E-state index in [1.54, 1.807) is 0 Å². The third-order valence-electron chi connectivity index (χ3n) is 10.5. The number of allylic oxidation sites excluding steroid dienone is 2. The Kier molecular flexibility index (Phi) is 7.77. The van der Waals surface area contributed by atoms with E-state index in [9.17, 15) is 0 Å². The molecule has 7 aromatic carbocycles. The van der Waals surface area contributed by atoms with Crippen LogP contribution in [0.4, 0.5) is 0 Å². The Labute approximate surface area is 318 Å². The fourth-order valence-electron chi connectivity index (χ4n) is 7.94. The van der Waals surface area contributed by atoms with Crippen LogP contribution in [0.1, 0.15) is 6.92 Å². The van der Waals surface area contributed by atoms with E-state index in [1.165, 1.54) is 32.4 Å². The van der Waals surface area contributed by atoms with E-state index >= 15 is 0 Å². The van der Waals surface area contributed by atoms with Crippen molar-refractivity contribution >= 4 is 56.1 Å². The van der Waals surface area contributed by atoms with Crippen LogP contribution in [-0.2, 0) is 0 Å². The van der Waals surface area contributed by atoms with E-state index in [0.717, 1.165) is 49.7 Å². The van der Waals surface area contributed by atoms with Crippen LogP contribution in [0.15, 0.2) is 176 Å². The van der Waals surface area contributed by atoms with E-state index in [2.05, 4.69) is 137 Å². The van der Waals surface area contributed by atoms with Crippen molar-refractivity contribution in [2.24, 2.45) is 0 Å². The summed E-state index contributed by atoms with van der Waals surface area (Å²) in [5.74, 6) is 1.92. The molecule has 0 fully saturated rings. The van der Waals surface area contributed by atoms with Gasteiger partial charge >= 0.3 is 0 Å². The van der Waals surface area contributed by atoms with Gasteiger partial charge in [-0.25, -0.2) is 15.0 Å². The number of para-hydroxylation sites is 2. The molecule has 5 nitrogen and oxygen atoms in total. The van der Waals surface area contributed by atoms with Crippen LogP contribution in [-0.4, -0.2) is 24.1 Å². The molecule has 55 heavy (non-hydrogen) atoms. The van der Waals surface area contributed by atoms with Crippen LogP contribution in [0.3, 0.4) is 0 Å². The first-order valence-corrected chi connectivity index (χ1v) is 18.5. The van der Waals surface area contributed by atoms with Crippen molar-refractivity contribution in [2.75, 3.05) is 0 Å². The van der Waals surface area contributed by atoms with E-state index in [4.69, 9.17) is 15.0 Å². The van der Waals surface area contributed by atoms with Crippen molar-refractivity contribution in [1.29, 1.82) is 0 Å². The van der Waals surface area contributed by atoms with Crippen molar-refractivity contribution in [1.82, 2.24) is 24.1 Å². The fourth-order valence-corrected chi connectivity index (χ4v) is 7.94. The Morgan fingerprint density at radius 2 is 0.964 bits per heavy atom. The lowest BCUT2D eigenvalue weighted by molar-refractivity contribution is 1.07. The molecule has 0 amide bonds. The minimum Gasteiger partial charge on any atom is -0.310 e. The minimum atomic E-state index is 0.631. The highest BCUT2D eigenvalue weighted by Gasteiger charge is 2.19. The molecule has 0 N–H and O–H groups in total. The quantitative estimate of drug-likeness (QED) is 0.173. The molecule has 0 aliphatic heterocycles. The zero-order chi connectivity index (χ0) is 36.9. The summed E-state index contributed by atoms with van der Waals surface area (Å²) < 4.78 is 4.67. The molecule has 0 radical (unpaired) electrons. The van der Waals surface area contributed by atoms with Gasteiger partial charge in [0, 0.05) is 60.2 Å². The molecule has 10 rings (SSSR count). The first-order chi connectivity index (χ1) is 27.2. The third kappa shape index (κ3) is 5.36. The Morgan fingerprint density at radius 3 is 1.60 bits per heavy atom. The first-order valence-electron chi connectivity index (χ1n) is 18.5. The molecular weight excluding hydrogens is 671 g/mol. The molecule has 3 aromatic heterocycles. The second-order valence-electron chi connectivity index (χ2n) is 13.7. The maximum atomic E-state index is 4.98. The molecule has 0 aliphatic rings. The van der Waals surface area contributed by atoms with Crippen molar-refractivity contribution in [2.45, 2.75) is 6.92 Å². The van der Waals surface area contributed by atoms with Gasteiger partial charge < -0.3 is 9.13 Å². The van der Waals surface area contributed by atoms with Gasteiger partial charge in [-0.1, -0.05) is 140 Å². The number of rotatable bonds is 6. The number of hydrogen-bond donors (Lipinski definition) is 0. The number of benzene rings is 7. The zero-order valence-electron chi connectivity index (χ0n) is 30.3. The van der Waals surface area contributed by atoms with Crippen LogP contribution in [0.2, 0.25) is 0 Å². The molecule has 0 aliphatic carbocycles. The SMILES string of the molecule is C=c1/c(=C\C=C/C)c2c3ccc4c5ccccc5n(-c5ccc(-c6nc(-c7ccccc7)nc(-c7ccccc7)n6)cc5)c4c3ccc2n1-c1ccccc1. The second kappa shape index (κ2) is 13.2. The van der Waals surface area contributed by atoms with Crippen molar-refractivity contribution in [3.63, 3.8) is 0 Å². The molecule has 0 bridgehead atoms. The third-order valence-corrected chi connectivity index (χ3v) is 10.5. The molecule has 5 heteroatoms. The maximum Gasteiger partial charge on any atom is 0.164 e. The van der Waals surface area contributed by atoms with Crippen LogP contribution in [0.25, 0.3) is 102 Å². The van der Waals surface area contributed by atoms with Crippen LogP contribution in [0.5, 0.6) is 0 Å². The van der Waals surface area contributed by atoms with Gasteiger partial charge in [-0.2, -0.15) is 0 Å². The Morgan fingerprint density at radius 1 is 0.455 bits per heavy atom. The van der Waals surface area contributed by atoms with Crippen molar-refractivity contribution in [3.05, 3.63) is 187 Å². The minimum absolute atomic E-state index is 0.631. The van der Waals surface area contributed by atoms with Gasteiger partial charge in [0.05, 0.1) is 16.6 Å². The number of aromatic nitrogens is 5. The molecule has 0 unspecified atom stereocenters. The molecular formula is C50H35N5. The van der Waals surface area contributed by atoms with E-state index < -0.39 is 0 Å². The summed E-state index contributed by atoms with van der Waals surface area (Å²) >= 11 is 0. The van der Waals surface area contributed by atoms with Gasteiger partial charge in [0.2, 0.25) is 0 Å². The summed E-state index contributed by atoms with van der Waals surface area (Å²) in [6.07, 6.45) is 6.36. The van der Waals surface area contributed by atoms with Gasteiger partial charge in [0.25, 0.3) is 0 Å². The lowest BCUT2D eigenvalue weighted by Crippen LogP contribution is -2.26. The highest BCUT2D eigenvalue weighted by Crippen LogP contribution is 2.39. The Bertz CT molecular complexity index is 3140. The monoisotopic (exact) mass is 705 g/mol. The van der Waals surface area contributed by atoms with Gasteiger partial charge in [-0.05, 0) is 60.8 Å². The molecule has 0 saturated carbocycles. The van der Waals surface area contributed by atoms with Crippen molar-refractivity contribution in [3.8, 4) is 45.5 Å². The fraction of sp³-hybridized carbons (Fsp3) is 0.0200. The highest BCUT2D eigenvalue weighted by molar-refractivity contribution is 6.23. The van der Waals surface area contributed by atoms with Crippen LogP contribution in [0, 0.1) is 0 Å². The average molecular weight is 706 g/mol. The second-order valence-corrected chi connectivity index (χ2v) is 13.7. The smallest absolute Gasteiger partial charge is 0.164 e. The summed E-state index contributed by atoms with van der Waals surface area (Å²) in [5.41, 5.74) is 8.42. The van der Waals surface area contributed by atoms with Gasteiger partial charge in [-0.3, -0.25) is 0 Å². The average Bonchev–Trinajstić information content (AvgIpc) is 3.75. The number of nitrogens with zero attached hydrogens (tertiary/aromatic N) is 5. The molecule has 3 heterocycles. The summed E-state index contributed by atoms with van der Waals surface area (Å²) in [7, 11) is 0. The summed E-state index contributed by atoms with van der Waals surface area (Å²) in [5, 5.41) is 8.07. The van der Waals surface area contributed by atoms with Crippen LogP contribution < -0.4 is 10.6 Å². The molecule has 0 spiro atoms. The normalized spacial score (nSPS) is 12.2. The summed E-state index contributed by atoms with van der Waals surface area (Å²) in [6, 6.07) is 57.1. The highest BCUT2D eigenvalue weighted by atomic mass is 15.0. The van der Waals surface area contributed by atoms with Gasteiger partial charge in [0.1, 0.15) is 0 Å². The molecule has 10 aromatic rings. The topological polar surface area (TPSA) is 48.5 Å². The molecule has 0 saturated heterocycles. The van der Waals surface area contributed by atoms with E-state index in [1.807, 2.05) is 67.6 Å². The Balaban J connectivity index is 1.19. The van der Waals surface area contributed by atoms with Crippen LogP contribution >= 0.6 is 0 Å². The largest absolute Gasteiger partial charge is 0.310 e.